The summed E-state index contributed by atoms with van der Waals surface area (Å²) in [6.45, 7) is 0.704. The van der Waals surface area contributed by atoms with Gasteiger partial charge in [-0.15, -0.1) is 0 Å². The Morgan fingerprint density at radius 3 is 2.94 bits per heavy atom. The summed E-state index contributed by atoms with van der Waals surface area (Å²) in [6, 6.07) is 10.3. The second-order valence-electron chi connectivity index (χ2n) is 3.67. The van der Waals surface area contributed by atoms with Crippen molar-refractivity contribution in [2.75, 3.05) is 12.4 Å². The van der Waals surface area contributed by atoms with Crippen LogP contribution in [-0.2, 0) is 11.2 Å². The zero-order valence-corrected chi connectivity index (χ0v) is 9.95. The summed E-state index contributed by atoms with van der Waals surface area (Å²) in [4.78, 5) is 4.25. The Kier molecular flexibility index (Phi) is 4.25. The Labute approximate surface area is 100 Å². The van der Waals surface area contributed by atoms with Crippen molar-refractivity contribution in [3.8, 4) is 0 Å². The largest absolute Gasteiger partial charge is 0.378 e. The first-order valence-electron chi connectivity index (χ1n) is 5.46. The highest BCUT2D eigenvalue weighted by Crippen LogP contribution is 2.16. The van der Waals surface area contributed by atoms with Crippen molar-refractivity contribution in [1.29, 1.82) is 0 Å². The fourth-order valence-corrected chi connectivity index (χ4v) is 2.31. The van der Waals surface area contributed by atoms with Crippen LogP contribution in [0.3, 0.4) is 0 Å². The van der Waals surface area contributed by atoms with Crippen molar-refractivity contribution in [1.82, 2.24) is 0 Å². The minimum Gasteiger partial charge on any atom is -0.378 e. The van der Waals surface area contributed by atoms with E-state index in [4.69, 9.17) is 10.5 Å². The minimum atomic E-state index is -0.0371. The van der Waals surface area contributed by atoms with E-state index in [0.29, 0.717) is 11.8 Å². The molecule has 0 fully saturated rings. The number of nitrogens with two attached hydrogens (primary N) is 1. The Morgan fingerprint density at radius 2 is 2.19 bits per heavy atom. The van der Waals surface area contributed by atoms with Gasteiger partial charge in [0, 0.05) is 12.2 Å². The van der Waals surface area contributed by atoms with Crippen molar-refractivity contribution in [3.05, 3.63) is 35.9 Å². The van der Waals surface area contributed by atoms with Crippen LogP contribution >= 0.6 is 11.8 Å². The van der Waals surface area contributed by atoms with Crippen LogP contribution in [0.5, 0.6) is 0 Å². The van der Waals surface area contributed by atoms with Gasteiger partial charge in [-0.1, -0.05) is 42.1 Å². The van der Waals surface area contributed by atoms with Gasteiger partial charge in [0.2, 0.25) is 0 Å². The van der Waals surface area contributed by atoms with Gasteiger partial charge in [-0.3, -0.25) is 0 Å². The molecule has 0 spiro atoms. The van der Waals surface area contributed by atoms with Crippen LogP contribution in [0, 0.1) is 0 Å². The first-order chi connectivity index (χ1) is 7.84. The molecule has 0 saturated heterocycles. The van der Waals surface area contributed by atoms with E-state index in [1.807, 2.05) is 18.2 Å². The van der Waals surface area contributed by atoms with E-state index in [1.165, 1.54) is 5.56 Å². The monoisotopic (exact) mass is 236 g/mol. The predicted octanol–water partition coefficient (Wildman–Crippen LogP) is 2.02. The van der Waals surface area contributed by atoms with Gasteiger partial charge in [-0.25, -0.2) is 4.99 Å². The van der Waals surface area contributed by atoms with Crippen LogP contribution in [0.2, 0.25) is 0 Å². The predicted molar refractivity (Wildman–Crippen MR) is 68.6 cm³/mol. The van der Waals surface area contributed by atoms with Crippen molar-refractivity contribution in [3.63, 3.8) is 0 Å². The minimum absolute atomic E-state index is 0.0371. The summed E-state index contributed by atoms with van der Waals surface area (Å²) in [5, 5.41) is 0.649. The van der Waals surface area contributed by atoms with Gasteiger partial charge in [0.1, 0.15) is 0 Å². The number of amidine groups is 1. The van der Waals surface area contributed by atoms with Crippen LogP contribution in [0.1, 0.15) is 12.0 Å². The second-order valence-corrected chi connectivity index (χ2v) is 4.78. The first-order valence-corrected chi connectivity index (χ1v) is 6.45. The molecule has 1 atom stereocenters. The summed E-state index contributed by atoms with van der Waals surface area (Å²) in [5.41, 5.74) is 6.94. The SMILES string of the molecule is NC1=NC(OCCc2ccccc2)CCS1. The molecular weight excluding hydrogens is 220 g/mol. The van der Waals surface area contributed by atoms with Crippen LogP contribution in [0.4, 0.5) is 0 Å². The molecule has 4 heteroatoms. The van der Waals surface area contributed by atoms with Gasteiger partial charge in [0.15, 0.2) is 11.4 Å². The zero-order chi connectivity index (χ0) is 11.2. The molecule has 0 bridgehead atoms. The molecule has 0 amide bonds. The summed E-state index contributed by atoms with van der Waals surface area (Å²) in [5.74, 6) is 1.01. The number of nitrogens with zero attached hydrogens (tertiary/aromatic N) is 1. The molecule has 0 saturated carbocycles. The summed E-state index contributed by atoms with van der Waals surface area (Å²) in [6.07, 6.45) is 1.85. The van der Waals surface area contributed by atoms with Gasteiger partial charge >= 0.3 is 0 Å². The number of benzene rings is 1. The Bertz CT molecular complexity index is 353. The quantitative estimate of drug-likeness (QED) is 0.870. The topological polar surface area (TPSA) is 47.6 Å². The van der Waals surface area contributed by atoms with Gasteiger partial charge in [-0.05, 0) is 12.0 Å². The Hall–Kier alpha value is -1.00. The average Bonchev–Trinajstić information content (AvgIpc) is 2.30. The highest BCUT2D eigenvalue weighted by atomic mass is 32.2. The highest BCUT2D eigenvalue weighted by molar-refractivity contribution is 8.13. The van der Waals surface area contributed by atoms with Crippen molar-refractivity contribution in [2.24, 2.45) is 10.7 Å². The molecule has 1 aliphatic heterocycles. The maximum atomic E-state index is 5.68. The van der Waals surface area contributed by atoms with Crippen LogP contribution in [0.15, 0.2) is 35.3 Å². The highest BCUT2D eigenvalue weighted by Gasteiger charge is 2.13. The third-order valence-electron chi connectivity index (χ3n) is 2.43. The standard InChI is InChI=1S/C12H16N2OS/c13-12-14-11(7-9-16-12)15-8-6-10-4-2-1-3-5-10/h1-5,11H,6-9H2,(H2,13,14). The number of hydrogen-bond donors (Lipinski definition) is 1. The Morgan fingerprint density at radius 1 is 1.38 bits per heavy atom. The summed E-state index contributed by atoms with van der Waals surface area (Å²) in [7, 11) is 0. The lowest BCUT2D eigenvalue weighted by atomic mass is 10.2. The van der Waals surface area contributed by atoms with Crippen molar-refractivity contribution in [2.45, 2.75) is 19.1 Å². The lowest BCUT2D eigenvalue weighted by Gasteiger charge is -2.18. The van der Waals surface area contributed by atoms with E-state index >= 15 is 0 Å². The molecule has 1 aromatic carbocycles. The molecule has 1 aliphatic rings. The molecule has 2 rings (SSSR count). The van der Waals surface area contributed by atoms with Crippen molar-refractivity contribution < 1.29 is 4.74 Å². The van der Waals surface area contributed by atoms with E-state index in [-0.39, 0.29) is 6.23 Å². The zero-order valence-electron chi connectivity index (χ0n) is 9.13. The first kappa shape index (κ1) is 11.5. The maximum Gasteiger partial charge on any atom is 0.156 e. The lowest BCUT2D eigenvalue weighted by Crippen LogP contribution is -2.23. The van der Waals surface area contributed by atoms with Gasteiger partial charge in [-0.2, -0.15) is 0 Å². The number of thioether (sulfide) groups is 1. The van der Waals surface area contributed by atoms with Crippen molar-refractivity contribution >= 4 is 16.9 Å². The van der Waals surface area contributed by atoms with Crippen LogP contribution in [0.25, 0.3) is 0 Å². The van der Waals surface area contributed by atoms with E-state index < -0.39 is 0 Å². The number of rotatable bonds is 4. The molecule has 0 aromatic heterocycles. The molecule has 0 aliphatic carbocycles. The smallest absolute Gasteiger partial charge is 0.156 e. The van der Waals surface area contributed by atoms with E-state index in [1.54, 1.807) is 11.8 Å². The van der Waals surface area contributed by atoms with Crippen LogP contribution in [-0.4, -0.2) is 23.8 Å². The van der Waals surface area contributed by atoms with E-state index in [0.717, 1.165) is 18.6 Å². The maximum absolute atomic E-state index is 5.68. The molecule has 3 nitrogen and oxygen atoms in total. The van der Waals surface area contributed by atoms with E-state index in [9.17, 15) is 0 Å². The number of aliphatic imine (C=N–C) groups is 1. The molecule has 1 heterocycles. The normalized spacial score (nSPS) is 20.5. The molecule has 1 aromatic rings. The van der Waals surface area contributed by atoms with Gasteiger partial charge in [0.25, 0.3) is 0 Å². The molecule has 16 heavy (non-hydrogen) atoms. The fourth-order valence-electron chi connectivity index (χ4n) is 1.59. The van der Waals surface area contributed by atoms with E-state index in [2.05, 4.69) is 17.1 Å². The third-order valence-corrected chi connectivity index (χ3v) is 3.27. The van der Waals surface area contributed by atoms with Gasteiger partial charge in [0.05, 0.1) is 6.61 Å². The lowest BCUT2D eigenvalue weighted by molar-refractivity contribution is 0.0596. The Balaban J connectivity index is 1.74. The molecular formula is C12H16N2OS. The third kappa shape index (κ3) is 3.54. The number of hydrogen-bond acceptors (Lipinski definition) is 4. The average molecular weight is 236 g/mol. The summed E-state index contributed by atoms with van der Waals surface area (Å²) < 4.78 is 5.68. The van der Waals surface area contributed by atoms with Gasteiger partial charge < -0.3 is 10.5 Å². The molecule has 86 valence electrons. The molecule has 1 unspecified atom stereocenters. The molecule has 2 N–H and O–H groups in total. The second kappa shape index (κ2) is 5.92. The van der Waals surface area contributed by atoms with Crippen LogP contribution < -0.4 is 5.73 Å². The number of ether oxygens (including phenoxy) is 1. The summed E-state index contributed by atoms with van der Waals surface area (Å²) >= 11 is 1.60. The fraction of sp³-hybridized carbons (Fsp3) is 0.417. The molecule has 0 radical (unpaired) electrons.